The van der Waals surface area contributed by atoms with Gasteiger partial charge in [-0.25, -0.2) is 40.5 Å². The molecule has 0 bridgehead atoms. The van der Waals surface area contributed by atoms with E-state index in [4.69, 9.17) is 28.4 Å². The van der Waals surface area contributed by atoms with Gasteiger partial charge in [-0.2, -0.15) is 4.40 Å². The summed E-state index contributed by atoms with van der Waals surface area (Å²) in [5, 5.41) is 0.399. The molecule has 0 aliphatic rings. The Morgan fingerprint density at radius 3 is 1.47 bits per heavy atom. The number of nitrogens with zero attached hydrogens (tertiary/aromatic N) is 13. The van der Waals surface area contributed by atoms with E-state index in [9.17, 15) is 33.6 Å². The van der Waals surface area contributed by atoms with Gasteiger partial charge in [0.05, 0.1) is 73.9 Å². The molecule has 117 heavy (non-hydrogen) atoms. The quantitative estimate of drug-likeness (QED) is 0.00880. The molecule has 0 unspecified atom stereocenters. The van der Waals surface area contributed by atoms with E-state index in [1.165, 1.54) is 34.0 Å². The van der Waals surface area contributed by atoms with Crippen molar-refractivity contribution in [3.63, 3.8) is 0 Å². The van der Waals surface area contributed by atoms with Crippen LogP contribution in [-0.4, -0.2) is 173 Å². The van der Waals surface area contributed by atoms with E-state index in [-0.39, 0.29) is 64.0 Å². The third kappa shape index (κ3) is 35.0. The maximum absolute atomic E-state index is 12.4. The highest BCUT2D eigenvalue weighted by molar-refractivity contribution is 9.09. The van der Waals surface area contributed by atoms with Gasteiger partial charge in [-0.05, 0) is 113 Å². The standard InChI is InChI=1S/C20H17N3O.C13H11N3O.C13H14N2O2.C11H11N3O.C9H9BrO.C9H22N2O.C8H12N2O2.C5H7NO2.BrH/c1-15-7-9-17(10-8-15)18-12-23-14-22(13-19(23)20(24)21-18)11-16-5-3-2-4-6-16;1-9-2-4-10(5-3-9)11-7-16-8-14-6-12(16)13(17)15-11;1-2-17-13(16)12-9-15(10-14-12)8-11-6-4-3-5-7-11;12-11(15)10-7-14(8-13-10)6-9-4-2-1-3-5-9;1-7-2-4-8(5-3-7)9(11)6-10;1-9(2,3)12-8(10(4)5)11(6)7;1-5-12-8(11)7(9-2)6-10(3)4;1-3-8-5(7)4-6-2;/h2-10,12-14H,11H2,1H3;2-8H,1H3,(H,15,17);3-7,9-10H,2,8H2,1H3;1-5,7-8H,6H2,(H2,12,15);2-5H,6H2,1H3;8H,1-7H3;6H,5H2,1,3-4H3;3-4H2,1H3;1H/b;;;;;;7-6-;;. The second kappa shape index (κ2) is 50.7. The number of esters is 3. The number of hydrogen-bond donors (Lipinski definition) is 3. The number of alkyl halides is 1. The first kappa shape index (κ1) is 96.9. The number of carbonyl (C=O) groups excluding carboxylic acids is 5. The zero-order valence-corrected chi connectivity index (χ0v) is 72.0. The molecule has 0 radical (unpaired) electrons. The number of carbonyl (C=O) groups is 5. The highest BCUT2D eigenvalue weighted by Gasteiger charge is 2.22. The van der Waals surface area contributed by atoms with Crippen molar-refractivity contribution in [1.29, 1.82) is 0 Å². The lowest BCUT2D eigenvalue weighted by atomic mass is 10.1. The van der Waals surface area contributed by atoms with Crippen molar-refractivity contribution in [2.24, 2.45) is 5.73 Å². The molecule has 6 heterocycles. The zero-order chi connectivity index (χ0) is 85.3. The van der Waals surface area contributed by atoms with Gasteiger partial charge in [-0.3, -0.25) is 38.2 Å². The lowest BCUT2D eigenvalue weighted by Gasteiger charge is -2.35. The molecule has 4 N–H and O–H groups in total. The first-order valence-electron chi connectivity index (χ1n) is 36.9. The largest absolute Gasteiger partial charge is 1.00 e. The number of amides is 1. The molecule has 6 aromatic heterocycles. The average molecular weight is 1720 g/mol. The van der Waals surface area contributed by atoms with Crippen LogP contribution in [0.2, 0.25) is 0 Å². The second-order valence-electron chi connectivity index (χ2n) is 27.4. The van der Waals surface area contributed by atoms with Crippen LogP contribution in [0.4, 0.5) is 0 Å². The molecule has 0 aliphatic carbocycles. The van der Waals surface area contributed by atoms with Crippen LogP contribution in [0.3, 0.4) is 0 Å². The predicted octanol–water partition coefficient (Wildman–Crippen LogP) is 10.2. The second-order valence-corrected chi connectivity index (χ2v) is 27.9. The number of H-pyrrole nitrogens is 2. The number of benzene rings is 6. The Kier molecular flexibility index (Phi) is 41.9. The van der Waals surface area contributed by atoms with Crippen molar-refractivity contribution < 1.29 is 64.5 Å². The fourth-order valence-corrected chi connectivity index (χ4v) is 10.6. The zero-order valence-electron chi connectivity index (χ0n) is 68.8. The maximum Gasteiger partial charge on any atom is 0.387 e. The van der Waals surface area contributed by atoms with Crippen molar-refractivity contribution in [1.82, 2.24) is 57.6 Å². The molecule has 0 saturated heterocycles. The number of ether oxygens (including phenoxy) is 4. The van der Waals surface area contributed by atoms with E-state index in [1.54, 1.807) is 81.7 Å². The van der Waals surface area contributed by atoms with Crippen molar-refractivity contribution in [3.05, 3.63) is 332 Å². The molecule has 0 fully saturated rings. The van der Waals surface area contributed by atoms with Crippen LogP contribution < -0.4 is 38.4 Å². The highest BCUT2D eigenvalue weighted by atomic mass is 79.9. The summed E-state index contributed by atoms with van der Waals surface area (Å²) < 4.78 is 29.1. The number of fused-ring (bicyclic) bond motifs is 2. The van der Waals surface area contributed by atoms with Gasteiger partial charge in [0.25, 0.3) is 22.7 Å². The molecule has 12 aromatic rings. The Morgan fingerprint density at radius 2 is 1.05 bits per heavy atom. The number of aromatic nitrogens is 10. The van der Waals surface area contributed by atoms with Crippen LogP contribution in [0.25, 0.3) is 43.2 Å². The minimum absolute atomic E-state index is 0. The topological polar surface area (TPSA) is 294 Å². The molecule has 27 nitrogen and oxygen atoms in total. The molecule has 12 rings (SSSR count). The van der Waals surface area contributed by atoms with E-state index in [0.29, 0.717) is 60.7 Å². The van der Waals surface area contributed by atoms with E-state index in [1.807, 2.05) is 253 Å². The van der Waals surface area contributed by atoms with Crippen molar-refractivity contribution >= 4 is 56.6 Å². The lowest BCUT2D eigenvalue weighted by molar-refractivity contribution is -0.686. The number of aryl methyl sites for hydroxylation is 3. The summed E-state index contributed by atoms with van der Waals surface area (Å²) in [5.41, 5.74) is 18.1. The molecule has 0 saturated carbocycles. The summed E-state index contributed by atoms with van der Waals surface area (Å²) in [6, 6.07) is 53.9. The van der Waals surface area contributed by atoms with Gasteiger partial charge in [-0.1, -0.05) is 196 Å². The number of nitrogens with one attached hydrogen (secondary N) is 2. The van der Waals surface area contributed by atoms with E-state index in [0.717, 1.165) is 40.2 Å². The Bertz CT molecular complexity index is 5260. The molecule has 1 amide bonds. The average Bonchev–Trinajstić information content (AvgIpc) is 1.67. The molecule has 0 aliphatic heterocycles. The summed E-state index contributed by atoms with van der Waals surface area (Å²) in [4.78, 5) is 108. The van der Waals surface area contributed by atoms with Crippen LogP contribution >= 0.6 is 15.9 Å². The van der Waals surface area contributed by atoms with E-state index >= 15 is 0 Å². The SMILES string of the molecule is CCOC(=O)c1cn(Cc2ccccc2)cn1.CN(C)C(OC(C)(C)C)N(C)C.Cc1ccc(-c2cn3c[n+](Cc4ccccc4)cc3c(=O)[nH]2)cc1.Cc1ccc(-c2cn3cncc3c(=O)[nH]2)cc1.Cc1ccc(C(=O)CBr)cc1.NC(=O)c1cn(Cc2ccccc2)cn1.[Br-].[C-]#[N+]/C(=C\N(C)C)C(=O)OCC.[C-]#[N+]CC(=O)OCC. The summed E-state index contributed by atoms with van der Waals surface area (Å²) >= 11 is 3.12. The van der Waals surface area contributed by atoms with Crippen LogP contribution in [0.5, 0.6) is 0 Å². The molecule has 0 atom stereocenters. The molecular formula is C88H104Br2N16O11. The number of rotatable bonds is 21. The van der Waals surface area contributed by atoms with Crippen LogP contribution in [0.1, 0.15) is 106 Å². The Labute approximate surface area is 702 Å². The monoisotopic (exact) mass is 1720 g/mol. The number of hydrogen-bond acceptors (Lipinski definition) is 17. The van der Waals surface area contributed by atoms with Gasteiger partial charge in [-0.15, -0.1) is 0 Å². The normalized spacial score (nSPS) is 10.5. The molecule has 29 heteroatoms. The van der Waals surface area contributed by atoms with Crippen molar-refractivity contribution in [3.8, 4) is 22.5 Å². The third-order valence-corrected chi connectivity index (χ3v) is 16.2. The molecule has 0 spiro atoms. The van der Waals surface area contributed by atoms with Crippen molar-refractivity contribution in [2.45, 2.75) is 93.9 Å². The van der Waals surface area contributed by atoms with Gasteiger partial charge < -0.3 is 70.5 Å². The van der Waals surface area contributed by atoms with Gasteiger partial charge in [0.15, 0.2) is 17.8 Å². The van der Waals surface area contributed by atoms with Crippen LogP contribution in [0.15, 0.2) is 248 Å². The van der Waals surface area contributed by atoms with Crippen LogP contribution in [0, 0.1) is 33.9 Å². The fraction of sp³-hybridized carbons (Fsp3) is 0.284. The minimum Gasteiger partial charge on any atom is -1.00 e. The summed E-state index contributed by atoms with van der Waals surface area (Å²) in [7, 11) is 11.5. The minimum atomic E-state index is -0.568. The summed E-state index contributed by atoms with van der Waals surface area (Å²) in [6.07, 6.45) is 18.9. The number of primary amides is 1. The first-order valence-corrected chi connectivity index (χ1v) is 38.0. The summed E-state index contributed by atoms with van der Waals surface area (Å²) in [6.45, 7) is 33.4. The van der Waals surface area contributed by atoms with Crippen molar-refractivity contribution in [2.75, 3.05) is 74.0 Å². The Morgan fingerprint density at radius 1 is 0.598 bits per heavy atom. The lowest BCUT2D eigenvalue weighted by Crippen LogP contribution is -3.00. The predicted molar refractivity (Wildman–Crippen MR) is 454 cm³/mol. The number of halogens is 2. The van der Waals surface area contributed by atoms with Gasteiger partial charge in [0.1, 0.15) is 30.1 Å². The molecular weight excluding hydrogens is 1620 g/mol. The Hall–Kier alpha value is -12.5. The Balaban J connectivity index is 0.000000287. The number of aromatic amines is 2. The number of nitrogens with two attached hydrogens (primary N) is 1. The van der Waals surface area contributed by atoms with E-state index in [2.05, 4.69) is 92.9 Å². The van der Waals surface area contributed by atoms with Gasteiger partial charge in [0.2, 0.25) is 11.8 Å². The number of Topliss-reactive ketones (excluding diaryl/α,β-unsaturated/α-hetero) is 1. The van der Waals surface area contributed by atoms with Crippen LogP contribution in [-0.2, 0) is 48.2 Å². The summed E-state index contributed by atoms with van der Waals surface area (Å²) in [5.74, 6) is -1.75. The fourth-order valence-electron chi connectivity index (χ4n) is 10.3. The first-order chi connectivity index (χ1) is 55.4. The van der Waals surface area contributed by atoms with Gasteiger partial charge in [0, 0.05) is 63.1 Å². The number of imidazole rings is 4. The maximum atomic E-state index is 12.4. The number of ketones is 1. The smallest absolute Gasteiger partial charge is 0.387 e. The molecule has 616 valence electrons. The van der Waals surface area contributed by atoms with Gasteiger partial charge >= 0.3 is 24.5 Å². The van der Waals surface area contributed by atoms with E-state index < -0.39 is 17.8 Å². The third-order valence-electron chi connectivity index (χ3n) is 15.7. The molecule has 6 aromatic carbocycles. The highest BCUT2D eigenvalue weighted by Crippen LogP contribution is 2.19.